The fourth-order valence-corrected chi connectivity index (χ4v) is 4.34. The number of benzene rings is 1. The molecule has 2 amide bonds. The van der Waals surface area contributed by atoms with Crippen LogP contribution in [0.15, 0.2) is 30.3 Å². The average Bonchev–Trinajstić information content (AvgIpc) is 3.06. The van der Waals surface area contributed by atoms with Crippen molar-refractivity contribution in [2.45, 2.75) is 44.9 Å². The zero-order valence-electron chi connectivity index (χ0n) is 16.3. The third-order valence-electron chi connectivity index (χ3n) is 6.07. The number of carbonyl (C=O) groups is 2. The normalized spacial score (nSPS) is 26.4. The molecule has 148 valence electrons. The van der Waals surface area contributed by atoms with Gasteiger partial charge in [0.15, 0.2) is 5.69 Å². The predicted octanol–water partition coefficient (Wildman–Crippen LogP) is 1.66. The third kappa shape index (κ3) is 3.30. The first kappa shape index (κ1) is 18.7. The molecule has 1 aromatic carbocycles. The molecule has 0 saturated heterocycles. The number of rotatable bonds is 5. The largest absolute Gasteiger partial charge is 0.393 e. The molecule has 2 unspecified atom stereocenters. The molecule has 2 fully saturated rings. The number of carbonyl (C=O) groups excluding carboxylic acids is 2. The molecule has 7 nitrogen and oxygen atoms in total. The van der Waals surface area contributed by atoms with Gasteiger partial charge in [0.1, 0.15) is 5.69 Å². The molecule has 4 rings (SSSR count). The molecule has 0 radical (unpaired) electrons. The highest BCUT2D eigenvalue weighted by atomic mass is 16.3. The van der Waals surface area contributed by atoms with Gasteiger partial charge in [0.25, 0.3) is 11.8 Å². The number of nitrogens with one attached hydrogen (secondary N) is 2. The molecule has 1 aromatic heterocycles. The lowest BCUT2D eigenvalue weighted by molar-refractivity contribution is 0.0923. The first-order valence-electron chi connectivity index (χ1n) is 9.76. The van der Waals surface area contributed by atoms with Crippen LogP contribution in [0, 0.1) is 18.8 Å². The van der Waals surface area contributed by atoms with Crippen LogP contribution in [0.25, 0.3) is 0 Å². The summed E-state index contributed by atoms with van der Waals surface area (Å²) in [5.74, 6) is 0.178. The maximum atomic E-state index is 13.0. The fourth-order valence-electron chi connectivity index (χ4n) is 4.34. The maximum Gasteiger partial charge on any atom is 0.271 e. The molecule has 0 bridgehead atoms. The van der Waals surface area contributed by atoms with E-state index in [2.05, 4.69) is 15.7 Å². The van der Waals surface area contributed by atoms with Crippen LogP contribution in [-0.4, -0.2) is 45.9 Å². The Morgan fingerprint density at radius 1 is 1.18 bits per heavy atom. The highest BCUT2D eigenvalue weighted by molar-refractivity contribution is 5.98. The molecule has 2 aliphatic carbocycles. The lowest BCUT2D eigenvalue weighted by Gasteiger charge is -2.17. The molecule has 7 heteroatoms. The van der Waals surface area contributed by atoms with Crippen LogP contribution in [0.1, 0.15) is 57.9 Å². The van der Waals surface area contributed by atoms with Crippen molar-refractivity contribution >= 4 is 11.8 Å². The number of fused-ring (bicyclic) bond motifs is 1. The molecule has 1 heterocycles. The van der Waals surface area contributed by atoms with Crippen molar-refractivity contribution in [1.82, 2.24) is 20.4 Å². The monoisotopic (exact) mass is 382 g/mol. The summed E-state index contributed by atoms with van der Waals surface area (Å²) in [5.41, 5.74) is 2.76. The number of aliphatic hydroxyl groups is 1. The van der Waals surface area contributed by atoms with Crippen molar-refractivity contribution in [2.24, 2.45) is 11.8 Å². The van der Waals surface area contributed by atoms with Gasteiger partial charge in [0.05, 0.1) is 12.1 Å². The standard InChI is InChI=1S/C21H26N4O3/c1-11-4-6-13(7-5-11)12(2)25-18(10-17(24-25)20(27)22-3)21(28)23-19-15-8-14(26)9-16(15)19/h4-7,10,12,14-16,19,26H,8-9H2,1-3H3,(H,22,27)(H,23,28)/t12-,14?,15-,16+,19?/m0/s1. The zero-order valence-corrected chi connectivity index (χ0v) is 16.3. The highest BCUT2D eigenvalue weighted by Crippen LogP contribution is 2.52. The minimum absolute atomic E-state index is 0.109. The van der Waals surface area contributed by atoms with Crippen molar-refractivity contribution in [2.75, 3.05) is 7.05 Å². The Hall–Kier alpha value is -2.67. The second-order valence-electron chi connectivity index (χ2n) is 7.98. The van der Waals surface area contributed by atoms with Crippen molar-refractivity contribution in [3.63, 3.8) is 0 Å². The second-order valence-corrected chi connectivity index (χ2v) is 7.98. The Bertz CT molecular complexity index is 893. The summed E-state index contributed by atoms with van der Waals surface area (Å²) in [5, 5.41) is 19.7. The van der Waals surface area contributed by atoms with Crippen molar-refractivity contribution < 1.29 is 14.7 Å². The van der Waals surface area contributed by atoms with Gasteiger partial charge in [-0.1, -0.05) is 29.8 Å². The molecule has 3 N–H and O–H groups in total. The smallest absolute Gasteiger partial charge is 0.271 e. The average molecular weight is 382 g/mol. The molecule has 2 aromatic rings. The Morgan fingerprint density at radius 2 is 1.82 bits per heavy atom. The van der Waals surface area contributed by atoms with Gasteiger partial charge in [-0.25, -0.2) is 0 Å². The summed E-state index contributed by atoms with van der Waals surface area (Å²) in [7, 11) is 1.54. The zero-order chi connectivity index (χ0) is 20.0. The molecular weight excluding hydrogens is 356 g/mol. The fraction of sp³-hybridized carbons (Fsp3) is 0.476. The summed E-state index contributed by atoms with van der Waals surface area (Å²) >= 11 is 0. The second kappa shape index (κ2) is 7.05. The quantitative estimate of drug-likeness (QED) is 0.733. The summed E-state index contributed by atoms with van der Waals surface area (Å²) in [6.07, 6.45) is 1.26. The van der Waals surface area contributed by atoms with E-state index in [9.17, 15) is 14.7 Å². The molecule has 28 heavy (non-hydrogen) atoms. The van der Waals surface area contributed by atoms with Gasteiger partial charge >= 0.3 is 0 Å². The van der Waals surface area contributed by atoms with E-state index < -0.39 is 0 Å². The van der Waals surface area contributed by atoms with Crippen molar-refractivity contribution in [1.29, 1.82) is 0 Å². The van der Waals surface area contributed by atoms with Gasteiger partial charge in [0.2, 0.25) is 0 Å². The lowest BCUT2D eigenvalue weighted by Crippen LogP contribution is -2.32. The Morgan fingerprint density at radius 3 is 2.43 bits per heavy atom. The lowest BCUT2D eigenvalue weighted by atomic mass is 10.1. The minimum atomic E-state index is -0.324. The van der Waals surface area contributed by atoms with E-state index in [1.165, 1.54) is 0 Å². The van der Waals surface area contributed by atoms with Crippen LogP contribution in [0.2, 0.25) is 0 Å². The maximum absolute atomic E-state index is 13.0. The summed E-state index contributed by atoms with van der Waals surface area (Å²) in [6, 6.07) is 9.52. The van der Waals surface area contributed by atoms with Gasteiger partial charge in [-0.05, 0) is 44.1 Å². The van der Waals surface area contributed by atoms with Crippen LogP contribution >= 0.6 is 0 Å². The van der Waals surface area contributed by atoms with E-state index in [1.54, 1.807) is 17.8 Å². The van der Waals surface area contributed by atoms with Crippen LogP contribution < -0.4 is 10.6 Å². The third-order valence-corrected chi connectivity index (χ3v) is 6.07. The first-order chi connectivity index (χ1) is 13.4. The summed E-state index contributed by atoms with van der Waals surface area (Å²) in [4.78, 5) is 25.1. The van der Waals surface area contributed by atoms with Crippen molar-refractivity contribution in [3.05, 3.63) is 52.8 Å². The number of nitrogens with zero attached hydrogens (tertiary/aromatic N) is 2. The number of hydrogen-bond acceptors (Lipinski definition) is 4. The summed E-state index contributed by atoms with van der Waals surface area (Å²) in [6.45, 7) is 3.98. The van der Waals surface area contributed by atoms with E-state index in [4.69, 9.17) is 0 Å². The Kier molecular flexibility index (Phi) is 4.71. The predicted molar refractivity (Wildman–Crippen MR) is 104 cm³/mol. The van der Waals surface area contributed by atoms with Crippen LogP contribution in [0.3, 0.4) is 0 Å². The SMILES string of the molecule is CNC(=O)c1cc(C(=O)NC2[C@H]3CC(O)C[C@@H]23)n([C@@H](C)c2ccc(C)cc2)n1. The van der Waals surface area contributed by atoms with E-state index in [-0.39, 0.29) is 35.7 Å². The number of hydrogen-bond donors (Lipinski definition) is 3. The van der Waals surface area contributed by atoms with Gasteiger partial charge < -0.3 is 15.7 Å². The van der Waals surface area contributed by atoms with Crippen LogP contribution in [0.4, 0.5) is 0 Å². The van der Waals surface area contributed by atoms with Gasteiger partial charge in [-0.2, -0.15) is 5.10 Å². The molecule has 5 atom stereocenters. The van der Waals surface area contributed by atoms with Crippen LogP contribution in [0.5, 0.6) is 0 Å². The number of aryl methyl sites for hydroxylation is 1. The highest BCUT2D eigenvalue weighted by Gasteiger charge is 2.56. The van der Waals surface area contributed by atoms with E-state index >= 15 is 0 Å². The molecule has 0 spiro atoms. The molecule has 2 aliphatic rings. The van der Waals surface area contributed by atoms with Crippen molar-refractivity contribution in [3.8, 4) is 0 Å². The molecular formula is C21H26N4O3. The molecule has 2 saturated carbocycles. The van der Waals surface area contributed by atoms with Gasteiger partial charge in [-0.3, -0.25) is 14.3 Å². The number of aromatic nitrogens is 2. The molecule has 0 aliphatic heterocycles. The first-order valence-corrected chi connectivity index (χ1v) is 9.76. The van der Waals surface area contributed by atoms with Gasteiger partial charge in [0, 0.05) is 19.2 Å². The topological polar surface area (TPSA) is 96.3 Å². The Balaban J connectivity index is 1.60. The van der Waals surface area contributed by atoms with E-state index in [0.717, 1.165) is 24.0 Å². The number of amides is 2. The van der Waals surface area contributed by atoms with E-state index in [0.29, 0.717) is 17.5 Å². The number of aliphatic hydroxyl groups excluding tert-OH is 1. The minimum Gasteiger partial charge on any atom is -0.393 e. The summed E-state index contributed by atoms with van der Waals surface area (Å²) < 4.78 is 1.62. The Labute approximate surface area is 164 Å². The van der Waals surface area contributed by atoms with Gasteiger partial charge in [-0.15, -0.1) is 0 Å². The van der Waals surface area contributed by atoms with Crippen LogP contribution in [-0.2, 0) is 0 Å². The van der Waals surface area contributed by atoms with E-state index in [1.807, 2.05) is 38.1 Å².